The maximum Gasteiger partial charge on any atom is 0.153 e. The summed E-state index contributed by atoms with van der Waals surface area (Å²) in [5.41, 5.74) is 6.96. The van der Waals surface area contributed by atoms with Crippen molar-refractivity contribution in [3.05, 3.63) is 28.8 Å². The fraction of sp³-hybridized carbons (Fsp3) is 0.600. The van der Waals surface area contributed by atoms with Crippen molar-refractivity contribution < 1.29 is 13.2 Å². The lowest BCUT2D eigenvalue weighted by Crippen LogP contribution is -2.21. The largest absolute Gasteiger partial charge is 0.491 e. The van der Waals surface area contributed by atoms with Gasteiger partial charge in [0.15, 0.2) is 9.84 Å². The van der Waals surface area contributed by atoms with E-state index in [1.165, 1.54) is 0 Å². The van der Waals surface area contributed by atoms with Gasteiger partial charge in [-0.25, -0.2) is 8.42 Å². The van der Waals surface area contributed by atoms with E-state index in [0.717, 1.165) is 18.4 Å². The Hall–Kier alpha value is -0.780. The molecule has 0 amide bonds. The van der Waals surface area contributed by atoms with Gasteiger partial charge in [0.2, 0.25) is 0 Å². The highest BCUT2D eigenvalue weighted by atomic mass is 35.5. The van der Waals surface area contributed by atoms with E-state index in [4.69, 9.17) is 22.1 Å². The summed E-state index contributed by atoms with van der Waals surface area (Å²) >= 11 is 6.15. The lowest BCUT2D eigenvalue weighted by Gasteiger charge is -2.12. The maximum atomic E-state index is 11.6. The van der Waals surface area contributed by atoms with Crippen LogP contribution in [-0.2, 0) is 16.3 Å². The second kappa shape index (κ2) is 8.61. The number of ether oxygens (including phenoxy) is 1. The van der Waals surface area contributed by atoms with Gasteiger partial charge >= 0.3 is 0 Å². The van der Waals surface area contributed by atoms with Crippen molar-refractivity contribution in [2.75, 3.05) is 18.1 Å². The molecule has 1 aromatic rings. The summed E-state index contributed by atoms with van der Waals surface area (Å²) < 4.78 is 28.6. The molecule has 0 aliphatic heterocycles. The van der Waals surface area contributed by atoms with Crippen LogP contribution in [0.1, 0.15) is 32.3 Å². The normalized spacial score (nSPS) is 13.1. The topological polar surface area (TPSA) is 69.4 Å². The molecule has 0 aliphatic carbocycles. The molecule has 0 saturated carbocycles. The lowest BCUT2D eigenvalue weighted by molar-refractivity contribution is 0.341. The van der Waals surface area contributed by atoms with Gasteiger partial charge in [-0.2, -0.15) is 0 Å². The number of rotatable bonds is 9. The number of sulfone groups is 1. The molecular formula is C15H24ClNO3S. The van der Waals surface area contributed by atoms with E-state index in [9.17, 15) is 8.42 Å². The van der Waals surface area contributed by atoms with Gasteiger partial charge in [0.05, 0.1) is 16.5 Å². The molecule has 6 heteroatoms. The predicted molar refractivity (Wildman–Crippen MR) is 87.9 cm³/mol. The zero-order valence-corrected chi connectivity index (χ0v) is 14.2. The van der Waals surface area contributed by atoms with E-state index in [-0.39, 0.29) is 24.2 Å². The third-order valence-electron chi connectivity index (χ3n) is 3.19. The molecule has 4 nitrogen and oxygen atoms in total. The molecule has 0 radical (unpaired) electrons. The van der Waals surface area contributed by atoms with Crippen molar-refractivity contribution >= 4 is 21.4 Å². The molecule has 0 saturated heterocycles. The quantitative estimate of drug-likeness (QED) is 0.754. The maximum absolute atomic E-state index is 11.6. The van der Waals surface area contributed by atoms with Crippen molar-refractivity contribution in [3.8, 4) is 5.75 Å². The Kier molecular flexibility index (Phi) is 7.49. The van der Waals surface area contributed by atoms with Crippen LogP contribution >= 0.6 is 11.6 Å². The first-order chi connectivity index (χ1) is 9.88. The van der Waals surface area contributed by atoms with Crippen molar-refractivity contribution in [2.24, 2.45) is 5.73 Å². The summed E-state index contributed by atoms with van der Waals surface area (Å²) in [5, 5.41) is 0.490. The van der Waals surface area contributed by atoms with Crippen LogP contribution in [0.5, 0.6) is 5.75 Å². The Morgan fingerprint density at radius 1 is 1.29 bits per heavy atom. The van der Waals surface area contributed by atoms with Crippen LogP contribution in [0.3, 0.4) is 0 Å². The molecular weight excluding hydrogens is 310 g/mol. The SMILES string of the molecule is CCCS(=O)(=O)CCOc1ccc(CC(N)CC)cc1Cl. The molecule has 1 aromatic carbocycles. The molecule has 0 fully saturated rings. The lowest BCUT2D eigenvalue weighted by atomic mass is 10.0. The number of benzene rings is 1. The summed E-state index contributed by atoms with van der Waals surface area (Å²) in [4.78, 5) is 0. The van der Waals surface area contributed by atoms with Gasteiger partial charge in [-0.15, -0.1) is 0 Å². The number of halogens is 1. The van der Waals surface area contributed by atoms with E-state index in [0.29, 0.717) is 17.2 Å². The van der Waals surface area contributed by atoms with E-state index < -0.39 is 9.84 Å². The number of hydrogen-bond acceptors (Lipinski definition) is 4. The highest BCUT2D eigenvalue weighted by Gasteiger charge is 2.11. The predicted octanol–water partition coefficient (Wildman–Crippen LogP) is 2.82. The summed E-state index contributed by atoms with van der Waals surface area (Å²) in [5.74, 6) is 0.717. The first kappa shape index (κ1) is 18.3. The van der Waals surface area contributed by atoms with Crippen LogP contribution in [0, 0.1) is 0 Å². The van der Waals surface area contributed by atoms with Crippen LogP contribution in [-0.4, -0.2) is 32.6 Å². The zero-order chi connectivity index (χ0) is 15.9. The molecule has 0 aliphatic rings. The number of hydrogen-bond donors (Lipinski definition) is 1. The molecule has 2 N–H and O–H groups in total. The molecule has 1 atom stereocenters. The minimum absolute atomic E-state index is 0.0135. The average molecular weight is 334 g/mol. The smallest absolute Gasteiger partial charge is 0.153 e. The average Bonchev–Trinajstić information content (AvgIpc) is 2.41. The van der Waals surface area contributed by atoms with Gasteiger partial charge in [-0.05, 0) is 37.0 Å². The first-order valence-corrected chi connectivity index (χ1v) is 9.45. The Labute approximate surface area is 132 Å². The zero-order valence-electron chi connectivity index (χ0n) is 12.6. The Balaban J connectivity index is 2.57. The molecule has 21 heavy (non-hydrogen) atoms. The summed E-state index contributed by atoms with van der Waals surface area (Å²) in [6, 6.07) is 5.63. The van der Waals surface area contributed by atoms with Gasteiger partial charge in [0, 0.05) is 6.04 Å². The van der Waals surface area contributed by atoms with E-state index in [1.54, 1.807) is 6.07 Å². The minimum Gasteiger partial charge on any atom is -0.491 e. The highest BCUT2D eigenvalue weighted by Crippen LogP contribution is 2.26. The van der Waals surface area contributed by atoms with Gasteiger partial charge < -0.3 is 10.5 Å². The van der Waals surface area contributed by atoms with Crippen LogP contribution in [0.25, 0.3) is 0 Å². The Bertz CT molecular complexity index is 546. The molecule has 0 heterocycles. The Morgan fingerprint density at radius 2 is 2.00 bits per heavy atom. The molecule has 1 rings (SSSR count). The van der Waals surface area contributed by atoms with Crippen LogP contribution in [0.4, 0.5) is 0 Å². The van der Waals surface area contributed by atoms with E-state index >= 15 is 0 Å². The second-order valence-electron chi connectivity index (χ2n) is 5.14. The van der Waals surface area contributed by atoms with Crippen molar-refractivity contribution in [1.29, 1.82) is 0 Å². The van der Waals surface area contributed by atoms with Gasteiger partial charge in [-0.3, -0.25) is 0 Å². The molecule has 0 bridgehead atoms. The summed E-state index contributed by atoms with van der Waals surface area (Å²) in [7, 11) is -3.03. The van der Waals surface area contributed by atoms with E-state index in [1.807, 2.05) is 26.0 Å². The van der Waals surface area contributed by atoms with Crippen LogP contribution < -0.4 is 10.5 Å². The highest BCUT2D eigenvalue weighted by molar-refractivity contribution is 7.91. The molecule has 1 unspecified atom stereocenters. The summed E-state index contributed by atoms with van der Waals surface area (Å²) in [6.07, 6.45) is 2.29. The standard InChI is InChI=1S/C15H24ClNO3S/c1-3-8-21(18,19)9-7-20-15-6-5-12(11-14(15)16)10-13(17)4-2/h5-6,11,13H,3-4,7-10,17H2,1-2H3. The fourth-order valence-corrected chi connectivity index (χ4v) is 3.35. The van der Waals surface area contributed by atoms with Crippen molar-refractivity contribution in [2.45, 2.75) is 39.2 Å². The van der Waals surface area contributed by atoms with Gasteiger partial charge in [-0.1, -0.05) is 31.5 Å². The fourth-order valence-electron chi connectivity index (χ4n) is 1.93. The van der Waals surface area contributed by atoms with E-state index in [2.05, 4.69) is 0 Å². The number of nitrogens with two attached hydrogens (primary N) is 1. The molecule has 0 spiro atoms. The van der Waals surface area contributed by atoms with Crippen LogP contribution in [0.15, 0.2) is 18.2 Å². The van der Waals surface area contributed by atoms with Crippen LogP contribution in [0.2, 0.25) is 5.02 Å². The summed E-state index contributed by atoms with van der Waals surface area (Å²) in [6.45, 7) is 4.01. The minimum atomic E-state index is -3.03. The van der Waals surface area contributed by atoms with Gasteiger partial charge in [0.25, 0.3) is 0 Å². The van der Waals surface area contributed by atoms with Gasteiger partial charge in [0.1, 0.15) is 12.4 Å². The van der Waals surface area contributed by atoms with Crippen molar-refractivity contribution in [3.63, 3.8) is 0 Å². The van der Waals surface area contributed by atoms with Crippen molar-refractivity contribution in [1.82, 2.24) is 0 Å². The monoisotopic (exact) mass is 333 g/mol. The second-order valence-corrected chi connectivity index (χ2v) is 7.85. The Morgan fingerprint density at radius 3 is 2.57 bits per heavy atom. The molecule has 0 aromatic heterocycles. The third-order valence-corrected chi connectivity index (χ3v) is 5.30. The third kappa shape index (κ3) is 6.68. The first-order valence-electron chi connectivity index (χ1n) is 7.25. The molecule has 120 valence electrons.